The molecule has 0 amide bonds. The van der Waals surface area contributed by atoms with E-state index in [4.69, 9.17) is 0 Å². The van der Waals surface area contributed by atoms with Gasteiger partial charge in [0.25, 0.3) is 0 Å². The van der Waals surface area contributed by atoms with Crippen LogP contribution in [0.15, 0.2) is 48.8 Å². The van der Waals surface area contributed by atoms with Gasteiger partial charge in [0.15, 0.2) is 0 Å². The third kappa shape index (κ3) is 2.45. The second-order valence-electron chi connectivity index (χ2n) is 5.18. The van der Waals surface area contributed by atoms with Crippen LogP contribution in [0.2, 0.25) is 0 Å². The summed E-state index contributed by atoms with van der Waals surface area (Å²) in [5, 5.41) is 8.57. The van der Waals surface area contributed by atoms with Crippen LogP contribution in [0.25, 0.3) is 11.3 Å². The van der Waals surface area contributed by atoms with Gasteiger partial charge in [-0.3, -0.25) is 0 Å². The maximum absolute atomic E-state index is 12.6. The molecule has 0 atom stereocenters. The molecule has 5 nitrogen and oxygen atoms in total. The molecule has 0 aliphatic carbocycles. The molecule has 1 aromatic carbocycles. The molecular weight excluding hydrogens is 276 g/mol. The fourth-order valence-electron chi connectivity index (χ4n) is 2.57. The molecule has 0 aliphatic rings. The standard InChI is InChI=1S/C17H18N4O/c1-3-8-15-13(2)16(14-9-5-4-6-10-14)19-21(15)17(22)20-12-7-11-18-20/h4-7,9-12H,3,8H2,1-2H3. The minimum atomic E-state index is -0.251. The van der Waals surface area contributed by atoms with Crippen molar-refractivity contribution in [2.75, 3.05) is 0 Å². The topological polar surface area (TPSA) is 52.7 Å². The number of rotatable bonds is 3. The molecule has 5 heteroatoms. The molecule has 0 fully saturated rings. The van der Waals surface area contributed by atoms with Crippen LogP contribution >= 0.6 is 0 Å². The maximum atomic E-state index is 12.6. The van der Waals surface area contributed by atoms with E-state index in [1.165, 1.54) is 9.36 Å². The number of hydrogen-bond acceptors (Lipinski definition) is 3. The molecule has 3 aromatic rings. The summed E-state index contributed by atoms with van der Waals surface area (Å²) in [7, 11) is 0. The van der Waals surface area contributed by atoms with Crippen LogP contribution in [0.4, 0.5) is 4.79 Å². The minimum Gasteiger partial charge on any atom is -0.244 e. The lowest BCUT2D eigenvalue weighted by Crippen LogP contribution is -2.23. The lowest BCUT2D eigenvalue weighted by Gasteiger charge is -2.05. The van der Waals surface area contributed by atoms with E-state index >= 15 is 0 Å². The summed E-state index contributed by atoms with van der Waals surface area (Å²) in [6.07, 6.45) is 4.98. The van der Waals surface area contributed by atoms with Crippen molar-refractivity contribution in [3.8, 4) is 11.3 Å². The van der Waals surface area contributed by atoms with Gasteiger partial charge in [0, 0.05) is 18.0 Å². The third-order valence-corrected chi connectivity index (χ3v) is 3.66. The lowest BCUT2D eigenvalue weighted by atomic mass is 10.1. The second-order valence-corrected chi connectivity index (χ2v) is 5.18. The van der Waals surface area contributed by atoms with Gasteiger partial charge in [-0.2, -0.15) is 19.6 Å². The molecule has 0 radical (unpaired) electrons. The summed E-state index contributed by atoms with van der Waals surface area (Å²) in [5.41, 5.74) is 3.87. The molecule has 3 rings (SSSR count). The van der Waals surface area contributed by atoms with E-state index in [2.05, 4.69) is 17.1 Å². The quantitative estimate of drug-likeness (QED) is 0.742. The number of aromatic nitrogens is 4. The van der Waals surface area contributed by atoms with Crippen molar-refractivity contribution in [3.63, 3.8) is 0 Å². The Morgan fingerprint density at radius 1 is 1.18 bits per heavy atom. The zero-order valence-electron chi connectivity index (χ0n) is 12.7. The van der Waals surface area contributed by atoms with Crippen LogP contribution in [0.1, 0.15) is 24.6 Å². The van der Waals surface area contributed by atoms with E-state index in [9.17, 15) is 4.79 Å². The first kappa shape index (κ1) is 14.3. The Balaban J connectivity index is 2.12. The Kier molecular flexibility index (Phi) is 3.87. The van der Waals surface area contributed by atoms with Gasteiger partial charge in [-0.1, -0.05) is 43.7 Å². The summed E-state index contributed by atoms with van der Waals surface area (Å²) >= 11 is 0. The zero-order valence-corrected chi connectivity index (χ0v) is 12.7. The van der Waals surface area contributed by atoms with Gasteiger partial charge in [-0.15, -0.1) is 0 Å². The zero-order chi connectivity index (χ0) is 15.5. The summed E-state index contributed by atoms with van der Waals surface area (Å²) in [6.45, 7) is 4.12. The molecule has 0 aliphatic heterocycles. The number of hydrogen-bond donors (Lipinski definition) is 0. The number of carbonyl (C=O) groups excluding carboxylic acids is 1. The van der Waals surface area contributed by atoms with Gasteiger partial charge >= 0.3 is 6.03 Å². The average Bonchev–Trinajstić information content (AvgIpc) is 3.18. The third-order valence-electron chi connectivity index (χ3n) is 3.66. The predicted octanol–water partition coefficient (Wildman–Crippen LogP) is 3.52. The summed E-state index contributed by atoms with van der Waals surface area (Å²) < 4.78 is 2.79. The van der Waals surface area contributed by atoms with Gasteiger partial charge in [0.2, 0.25) is 0 Å². The molecule has 0 N–H and O–H groups in total. The normalized spacial score (nSPS) is 10.8. The highest BCUT2D eigenvalue weighted by atomic mass is 16.2. The van der Waals surface area contributed by atoms with Gasteiger partial charge in [-0.25, -0.2) is 4.79 Å². The molecule has 2 aromatic heterocycles. The van der Waals surface area contributed by atoms with E-state index < -0.39 is 0 Å². The van der Waals surface area contributed by atoms with E-state index in [-0.39, 0.29) is 6.03 Å². The van der Waals surface area contributed by atoms with Crippen molar-refractivity contribution in [3.05, 3.63) is 60.0 Å². The van der Waals surface area contributed by atoms with Crippen molar-refractivity contribution < 1.29 is 4.79 Å². The van der Waals surface area contributed by atoms with Crippen molar-refractivity contribution in [2.24, 2.45) is 0 Å². The monoisotopic (exact) mass is 294 g/mol. The van der Waals surface area contributed by atoms with Crippen LogP contribution in [0, 0.1) is 6.92 Å². The van der Waals surface area contributed by atoms with Gasteiger partial charge < -0.3 is 0 Å². The first-order valence-corrected chi connectivity index (χ1v) is 7.40. The molecular formula is C17H18N4O. The Morgan fingerprint density at radius 2 is 1.95 bits per heavy atom. The fourth-order valence-corrected chi connectivity index (χ4v) is 2.57. The van der Waals surface area contributed by atoms with Crippen LogP contribution < -0.4 is 0 Å². The molecule has 0 bridgehead atoms. The molecule has 0 saturated heterocycles. The van der Waals surface area contributed by atoms with Crippen LogP contribution in [0.5, 0.6) is 0 Å². The highest BCUT2D eigenvalue weighted by Gasteiger charge is 2.20. The largest absolute Gasteiger partial charge is 0.369 e. The first-order valence-electron chi connectivity index (χ1n) is 7.40. The lowest BCUT2D eigenvalue weighted by molar-refractivity contribution is 0.237. The van der Waals surface area contributed by atoms with Crippen molar-refractivity contribution in [1.82, 2.24) is 19.6 Å². The van der Waals surface area contributed by atoms with Crippen molar-refractivity contribution in [2.45, 2.75) is 26.7 Å². The van der Waals surface area contributed by atoms with E-state index in [1.807, 2.05) is 37.3 Å². The van der Waals surface area contributed by atoms with Crippen molar-refractivity contribution in [1.29, 1.82) is 0 Å². The van der Waals surface area contributed by atoms with Crippen LogP contribution in [0.3, 0.4) is 0 Å². The van der Waals surface area contributed by atoms with Crippen LogP contribution in [-0.2, 0) is 6.42 Å². The highest BCUT2D eigenvalue weighted by Crippen LogP contribution is 2.25. The van der Waals surface area contributed by atoms with Gasteiger partial charge in [-0.05, 0) is 25.0 Å². The summed E-state index contributed by atoms with van der Waals surface area (Å²) in [5.74, 6) is 0. The van der Waals surface area contributed by atoms with Crippen LogP contribution in [-0.4, -0.2) is 25.6 Å². The Morgan fingerprint density at radius 3 is 2.59 bits per heavy atom. The molecule has 22 heavy (non-hydrogen) atoms. The highest BCUT2D eigenvalue weighted by molar-refractivity contribution is 5.80. The molecule has 0 saturated carbocycles. The molecule has 112 valence electrons. The maximum Gasteiger partial charge on any atom is 0.369 e. The molecule has 2 heterocycles. The van der Waals surface area contributed by atoms with E-state index in [0.717, 1.165) is 35.4 Å². The number of nitrogens with zero attached hydrogens (tertiary/aromatic N) is 4. The Bertz CT molecular complexity index is 773. The average molecular weight is 294 g/mol. The Labute approximate surface area is 129 Å². The minimum absolute atomic E-state index is 0.251. The smallest absolute Gasteiger partial charge is 0.244 e. The first-order chi connectivity index (χ1) is 10.7. The SMILES string of the molecule is CCCc1c(C)c(-c2ccccc2)nn1C(=O)n1cccn1. The van der Waals surface area contributed by atoms with Gasteiger partial charge in [0.1, 0.15) is 0 Å². The van der Waals surface area contributed by atoms with E-state index in [0.29, 0.717) is 0 Å². The van der Waals surface area contributed by atoms with Crippen molar-refractivity contribution >= 4 is 6.03 Å². The molecule has 0 spiro atoms. The fraction of sp³-hybridized carbons (Fsp3) is 0.235. The second kappa shape index (κ2) is 5.97. The molecule has 0 unspecified atom stereocenters. The summed E-state index contributed by atoms with van der Waals surface area (Å²) in [6, 6.07) is 11.4. The van der Waals surface area contributed by atoms with Gasteiger partial charge in [0.05, 0.1) is 11.4 Å². The number of carbonyl (C=O) groups is 1. The van der Waals surface area contributed by atoms with E-state index in [1.54, 1.807) is 18.5 Å². The Hall–Kier alpha value is -2.69. The predicted molar refractivity (Wildman–Crippen MR) is 84.8 cm³/mol. The number of benzene rings is 1. The summed E-state index contributed by atoms with van der Waals surface area (Å²) in [4.78, 5) is 12.6.